The first kappa shape index (κ1) is 25.7. The SMILES string of the molecule is CC1=C(/C=C/C(C)=C/C=C/C(C)=C/C(=O)OCCn2sc3ccccc3c2=O)C(C)(C)CCC1. The van der Waals surface area contributed by atoms with E-state index >= 15 is 0 Å². The van der Waals surface area contributed by atoms with Crippen molar-refractivity contribution in [1.29, 1.82) is 0 Å². The topological polar surface area (TPSA) is 48.3 Å². The van der Waals surface area contributed by atoms with Crippen molar-refractivity contribution in [2.75, 3.05) is 6.61 Å². The van der Waals surface area contributed by atoms with E-state index in [2.05, 4.69) is 39.8 Å². The maximum Gasteiger partial charge on any atom is 0.331 e. The molecule has 0 unspecified atom stereocenters. The number of hydrogen-bond donors (Lipinski definition) is 0. The highest BCUT2D eigenvalue weighted by Gasteiger charge is 2.26. The van der Waals surface area contributed by atoms with Crippen molar-refractivity contribution in [2.45, 2.75) is 60.4 Å². The zero-order valence-corrected chi connectivity index (χ0v) is 21.7. The number of aromatic nitrogens is 1. The first-order valence-electron chi connectivity index (χ1n) is 11.8. The minimum atomic E-state index is -0.404. The summed E-state index contributed by atoms with van der Waals surface area (Å²) in [5.41, 5.74) is 5.10. The molecule has 0 aliphatic heterocycles. The lowest BCUT2D eigenvalue weighted by Crippen LogP contribution is -2.19. The van der Waals surface area contributed by atoms with Crippen molar-refractivity contribution in [1.82, 2.24) is 3.96 Å². The summed E-state index contributed by atoms with van der Waals surface area (Å²) in [4.78, 5) is 24.5. The number of hydrogen-bond acceptors (Lipinski definition) is 4. The fourth-order valence-corrected chi connectivity index (χ4v) is 5.28. The lowest BCUT2D eigenvalue weighted by atomic mass is 9.72. The Morgan fingerprint density at radius 1 is 1.18 bits per heavy atom. The van der Waals surface area contributed by atoms with Gasteiger partial charge in [-0.1, -0.05) is 79.0 Å². The van der Waals surface area contributed by atoms with Crippen LogP contribution in [0, 0.1) is 5.41 Å². The van der Waals surface area contributed by atoms with Crippen molar-refractivity contribution in [3.05, 3.63) is 93.4 Å². The third kappa shape index (κ3) is 6.80. The van der Waals surface area contributed by atoms with Crippen LogP contribution < -0.4 is 5.56 Å². The van der Waals surface area contributed by atoms with Crippen molar-refractivity contribution in [3.8, 4) is 0 Å². The van der Waals surface area contributed by atoms with Crippen LogP contribution in [0.15, 0.2) is 87.8 Å². The van der Waals surface area contributed by atoms with Crippen molar-refractivity contribution in [2.24, 2.45) is 5.41 Å². The minimum absolute atomic E-state index is 0.0407. The van der Waals surface area contributed by atoms with Gasteiger partial charge in [0.05, 0.1) is 16.6 Å². The minimum Gasteiger partial charge on any atom is -0.461 e. The summed E-state index contributed by atoms with van der Waals surface area (Å²) in [5.74, 6) is -0.404. The summed E-state index contributed by atoms with van der Waals surface area (Å²) < 4.78 is 7.86. The zero-order valence-electron chi connectivity index (χ0n) is 20.9. The Bertz CT molecular complexity index is 1250. The van der Waals surface area contributed by atoms with Gasteiger partial charge < -0.3 is 4.74 Å². The van der Waals surface area contributed by atoms with Crippen LogP contribution in [0.25, 0.3) is 10.1 Å². The smallest absolute Gasteiger partial charge is 0.331 e. The fraction of sp³-hybridized carbons (Fsp3) is 0.379. The summed E-state index contributed by atoms with van der Waals surface area (Å²) in [5, 5.41) is 0.701. The fourth-order valence-electron chi connectivity index (χ4n) is 4.30. The number of allylic oxidation sites excluding steroid dienone is 9. The highest BCUT2D eigenvalue weighted by atomic mass is 32.1. The Morgan fingerprint density at radius 3 is 2.68 bits per heavy atom. The third-order valence-corrected chi connectivity index (χ3v) is 7.33. The van der Waals surface area contributed by atoms with Gasteiger partial charge in [0.2, 0.25) is 0 Å². The summed E-state index contributed by atoms with van der Waals surface area (Å²) in [6, 6.07) is 7.50. The van der Waals surface area contributed by atoms with Crippen LogP contribution in [0.5, 0.6) is 0 Å². The van der Waals surface area contributed by atoms with Gasteiger partial charge in [0, 0.05) is 6.08 Å². The molecule has 4 nitrogen and oxygen atoms in total. The predicted octanol–water partition coefficient (Wildman–Crippen LogP) is 7.14. The largest absolute Gasteiger partial charge is 0.461 e. The summed E-state index contributed by atoms with van der Waals surface area (Å²) in [6.07, 6.45) is 15.5. The maximum absolute atomic E-state index is 12.3. The van der Waals surface area contributed by atoms with Gasteiger partial charge in [0.15, 0.2) is 0 Å². The number of carbonyl (C=O) groups is 1. The molecule has 5 heteroatoms. The first-order chi connectivity index (χ1) is 16.2. The molecule has 0 spiro atoms. The predicted molar refractivity (Wildman–Crippen MR) is 143 cm³/mol. The second-order valence-electron chi connectivity index (χ2n) is 9.59. The molecule has 2 aromatic rings. The van der Waals surface area contributed by atoms with Crippen molar-refractivity contribution < 1.29 is 9.53 Å². The van der Waals surface area contributed by atoms with Gasteiger partial charge in [-0.2, -0.15) is 0 Å². The average molecular weight is 478 g/mol. The number of benzene rings is 1. The van der Waals surface area contributed by atoms with Crippen LogP contribution in [-0.2, 0) is 16.1 Å². The molecule has 0 radical (unpaired) electrons. The lowest BCUT2D eigenvalue weighted by Gasteiger charge is -2.32. The van der Waals surface area contributed by atoms with E-state index in [0.717, 1.165) is 15.8 Å². The quantitative estimate of drug-likeness (QED) is 0.231. The molecule has 1 aromatic carbocycles. The molecule has 1 heterocycles. The Hall–Kier alpha value is -2.92. The molecule has 0 saturated heterocycles. The Morgan fingerprint density at radius 2 is 1.94 bits per heavy atom. The molecule has 180 valence electrons. The molecule has 0 N–H and O–H groups in total. The normalized spacial score (nSPS) is 17.3. The van der Waals surface area contributed by atoms with Gasteiger partial charge in [-0.15, -0.1) is 0 Å². The number of carbonyl (C=O) groups excluding carboxylic acids is 1. The molecule has 1 aliphatic rings. The number of fused-ring (bicyclic) bond motifs is 1. The second kappa shape index (κ2) is 11.5. The maximum atomic E-state index is 12.3. The standard InChI is InChI=1S/C29H35NO3S/c1-21(15-16-25-23(3)12-9-17-29(25,4)5)10-8-11-22(2)20-27(31)33-19-18-30-28(32)24-13-6-7-14-26(24)34-30/h6-8,10-11,13-16,20H,9,12,17-19H2,1-5H3/b11-8+,16-15+,21-10+,22-20+. The molecule has 0 saturated carbocycles. The molecular formula is C29H35NO3S. The van der Waals surface area contributed by atoms with E-state index in [0.29, 0.717) is 11.9 Å². The average Bonchev–Trinajstić information content (AvgIpc) is 3.08. The Balaban J connectivity index is 1.51. The van der Waals surface area contributed by atoms with Crippen molar-refractivity contribution >= 4 is 27.6 Å². The summed E-state index contributed by atoms with van der Waals surface area (Å²) >= 11 is 1.39. The number of rotatable bonds is 8. The number of nitrogens with zero attached hydrogens (tertiary/aromatic N) is 1. The van der Waals surface area contributed by atoms with Gasteiger partial charge in [-0.25, -0.2) is 4.79 Å². The van der Waals surface area contributed by atoms with Crippen molar-refractivity contribution in [3.63, 3.8) is 0 Å². The van der Waals surface area contributed by atoms with E-state index in [1.165, 1.54) is 48.0 Å². The van der Waals surface area contributed by atoms with E-state index in [1.54, 1.807) is 3.96 Å². The van der Waals surface area contributed by atoms with Crippen LogP contribution in [0.3, 0.4) is 0 Å². The second-order valence-corrected chi connectivity index (χ2v) is 10.6. The van der Waals surface area contributed by atoms with E-state index in [9.17, 15) is 9.59 Å². The van der Waals surface area contributed by atoms with Gasteiger partial charge >= 0.3 is 5.97 Å². The molecule has 3 rings (SSSR count). The summed E-state index contributed by atoms with van der Waals surface area (Å²) in [7, 11) is 0. The molecule has 0 fully saturated rings. The molecular weight excluding hydrogens is 442 g/mol. The van der Waals surface area contributed by atoms with Crippen LogP contribution in [-0.4, -0.2) is 16.5 Å². The highest BCUT2D eigenvalue weighted by Crippen LogP contribution is 2.40. The van der Waals surface area contributed by atoms with Crippen LogP contribution in [0.2, 0.25) is 0 Å². The molecule has 1 aromatic heterocycles. The van der Waals surface area contributed by atoms with E-state index < -0.39 is 5.97 Å². The van der Waals surface area contributed by atoms with Gasteiger partial charge in [-0.05, 0) is 68.7 Å². The van der Waals surface area contributed by atoms with E-state index in [1.807, 2.05) is 49.4 Å². The van der Waals surface area contributed by atoms with Gasteiger partial charge in [0.25, 0.3) is 5.56 Å². The third-order valence-electron chi connectivity index (χ3n) is 6.21. The molecule has 34 heavy (non-hydrogen) atoms. The lowest BCUT2D eigenvalue weighted by molar-refractivity contribution is -0.138. The van der Waals surface area contributed by atoms with Crippen LogP contribution in [0.4, 0.5) is 0 Å². The van der Waals surface area contributed by atoms with Gasteiger partial charge in [0.1, 0.15) is 6.61 Å². The van der Waals surface area contributed by atoms with Gasteiger partial charge in [-0.3, -0.25) is 8.75 Å². The van der Waals surface area contributed by atoms with E-state index in [-0.39, 0.29) is 17.6 Å². The zero-order chi connectivity index (χ0) is 24.7. The monoisotopic (exact) mass is 477 g/mol. The Labute approximate surface area is 206 Å². The van der Waals surface area contributed by atoms with E-state index in [4.69, 9.17) is 4.74 Å². The molecule has 0 amide bonds. The first-order valence-corrected chi connectivity index (χ1v) is 12.6. The van der Waals surface area contributed by atoms with Crippen LogP contribution >= 0.6 is 11.5 Å². The number of esters is 1. The number of ether oxygens (including phenoxy) is 1. The molecule has 0 atom stereocenters. The van der Waals surface area contributed by atoms with Crippen LogP contribution in [0.1, 0.15) is 53.9 Å². The molecule has 1 aliphatic carbocycles. The molecule has 0 bridgehead atoms. The Kier molecular flexibility index (Phi) is 8.67. The summed E-state index contributed by atoms with van der Waals surface area (Å²) in [6.45, 7) is 11.3. The highest BCUT2D eigenvalue weighted by molar-refractivity contribution is 7.13.